The molecule has 2 rings (SSSR count). The normalized spacial score (nSPS) is 13.2. The van der Waals surface area contributed by atoms with Crippen LogP contribution >= 0.6 is 7.82 Å². The van der Waals surface area contributed by atoms with Crippen molar-refractivity contribution in [2.45, 2.75) is 45.4 Å². The van der Waals surface area contributed by atoms with Gasteiger partial charge in [-0.25, -0.2) is 4.57 Å². The molecular formula is C26H41O8P. The van der Waals surface area contributed by atoms with Crippen LogP contribution in [-0.4, -0.2) is 64.4 Å². The minimum Gasteiger partial charge on any atom is -0.491 e. The Balaban J connectivity index is 1.35. The minimum absolute atomic E-state index is 0.00983. The third-order valence-electron chi connectivity index (χ3n) is 5.21. The number of unbranched alkanes of at least 4 members (excludes halogenated alkanes) is 5. The Morgan fingerprint density at radius 3 is 1.97 bits per heavy atom. The number of phosphoric acid groups is 1. The summed E-state index contributed by atoms with van der Waals surface area (Å²) in [5.41, 5.74) is 0. The van der Waals surface area contributed by atoms with Crippen LogP contribution in [0.3, 0.4) is 0 Å². The number of fused-ring (bicyclic) bond motifs is 1. The van der Waals surface area contributed by atoms with Crippen molar-refractivity contribution in [1.29, 1.82) is 0 Å². The molecule has 1 unspecified atom stereocenters. The van der Waals surface area contributed by atoms with Gasteiger partial charge in [0.2, 0.25) is 0 Å². The fraction of sp³-hybridized carbons (Fsp3) is 0.615. The average molecular weight is 513 g/mol. The number of hydrogen-bond acceptors (Lipinski definition) is 7. The van der Waals surface area contributed by atoms with E-state index >= 15 is 0 Å². The third-order valence-corrected chi connectivity index (χ3v) is 6.23. The molecule has 198 valence electrons. The molecule has 8 nitrogen and oxygen atoms in total. The highest BCUT2D eigenvalue weighted by Crippen LogP contribution is 2.43. The van der Waals surface area contributed by atoms with E-state index in [9.17, 15) is 9.46 Å². The SMILES string of the molecule is CCCCCCCCOP(=O)(O)OCCOCCOCCOCCOc1cccc2ccccc12. The van der Waals surface area contributed by atoms with Gasteiger partial charge in [0.25, 0.3) is 0 Å². The van der Waals surface area contributed by atoms with Gasteiger partial charge in [0, 0.05) is 5.39 Å². The van der Waals surface area contributed by atoms with Crippen LogP contribution in [0.1, 0.15) is 45.4 Å². The largest absolute Gasteiger partial charge is 0.491 e. The molecule has 2 aromatic carbocycles. The van der Waals surface area contributed by atoms with E-state index in [0.29, 0.717) is 39.6 Å². The molecule has 0 fully saturated rings. The van der Waals surface area contributed by atoms with E-state index in [4.69, 9.17) is 28.0 Å². The number of phosphoric ester groups is 1. The van der Waals surface area contributed by atoms with Gasteiger partial charge < -0.3 is 23.8 Å². The summed E-state index contributed by atoms with van der Waals surface area (Å²) in [5, 5.41) is 2.24. The lowest BCUT2D eigenvalue weighted by atomic mass is 10.1. The van der Waals surface area contributed by atoms with Crippen LogP contribution in [0.15, 0.2) is 42.5 Å². The van der Waals surface area contributed by atoms with Crippen LogP contribution in [0.5, 0.6) is 5.75 Å². The lowest BCUT2D eigenvalue weighted by molar-refractivity contribution is 0.00283. The zero-order valence-corrected chi connectivity index (χ0v) is 21.8. The Kier molecular flexibility index (Phi) is 15.9. The van der Waals surface area contributed by atoms with E-state index in [1.165, 1.54) is 19.3 Å². The number of benzene rings is 2. The molecule has 1 atom stereocenters. The molecule has 35 heavy (non-hydrogen) atoms. The summed E-state index contributed by atoms with van der Waals surface area (Å²) in [5.74, 6) is 0.853. The average Bonchev–Trinajstić information content (AvgIpc) is 2.86. The molecule has 0 amide bonds. The smallest absolute Gasteiger partial charge is 0.472 e. The Bertz CT molecular complexity index is 842. The van der Waals surface area contributed by atoms with Gasteiger partial charge in [0.1, 0.15) is 12.4 Å². The van der Waals surface area contributed by atoms with Crippen LogP contribution in [0.2, 0.25) is 0 Å². The number of hydrogen-bond donors (Lipinski definition) is 1. The number of ether oxygens (including phenoxy) is 4. The van der Waals surface area contributed by atoms with Gasteiger partial charge >= 0.3 is 7.82 Å². The van der Waals surface area contributed by atoms with Gasteiger partial charge in [-0.3, -0.25) is 9.05 Å². The highest BCUT2D eigenvalue weighted by Gasteiger charge is 2.20. The summed E-state index contributed by atoms with van der Waals surface area (Å²) in [6.45, 7) is 5.20. The Labute approximate surface area is 209 Å². The molecule has 0 aliphatic heterocycles. The maximum absolute atomic E-state index is 11.8. The lowest BCUT2D eigenvalue weighted by Gasteiger charge is -2.12. The molecule has 0 radical (unpaired) electrons. The van der Waals surface area contributed by atoms with Gasteiger partial charge in [-0.15, -0.1) is 0 Å². The second kappa shape index (κ2) is 18.7. The quantitative estimate of drug-likeness (QED) is 0.157. The highest BCUT2D eigenvalue weighted by molar-refractivity contribution is 7.47. The second-order valence-electron chi connectivity index (χ2n) is 8.07. The zero-order valence-electron chi connectivity index (χ0n) is 20.9. The van der Waals surface area contributed by atoms with E-state index in [1.807, 2.05) is 30.3 Å². The van der Waals surface area contributed by atoms with E-state index in [1.54, 1.807) is 0 Å². The highest BCUT2D eigenvalue weighted by atomic mass is 31.2. The molecule has 0 aliphatic rings. The first kappa shape index (κ1) is 29.7. The predicted octanol–water partition coefficient (Wildman–Crippen LogP) is 5.76. The summed E-state index contributed by atoms with van der Waals surface area (Å²) < 4.78 is 43.8. The molecule has 0 bridgehead atoms. The van der Waals surface area contributed by atoms with Crippen molar-refractivity contribution in [3.05, 3.63) is 42.5 Å². The standard InChI is InChI=1S/C26H41O8P/c1-2-3-4-5-6-9-15-33-35(27,28)34-23-21-31-19-17-29-16-18-30-20-22-32-26-14-10-12-24-11-7-8-13-25(24)26/h7-8,10-14H,2-6,9,15-23H2,1H3,(H,27,28). The first-order chi connectivity index (χ1) is 17.1. The van der Waals surface area contributed by atoms with Crippen molar-refractivity contribution >= 4 is 18.6 Å². The second-order valence-corrected chi connectivity index (χ2v) is 9.52. The van der Waals surface area contributed by atoms with Crippen molar-refractivity contribution in [2.24, 2.45) is 0 Å². The Morgan fingerprint density at radius 1 is 0.657 bits per heavy atom. The molecular weight excluding hydrogens is 471 g/mol. The molecule has 1 N–H and O–H groups in total. The van der Waals surface area contributed by atoms with Crippen LogP contribution in [-0.2, 0) is 27.8 Å². The van der Waals surface area contributed by atoms with Crippen molar-refractivity contribution < 1.29 is 37.5 Å². The predicted molar refractivity (Wildman–Crippen MR) is 137 cm³/mol. The van der Waals surface area contributed by atoms with Gasteiger partial charge in [-0.1, -0.05) is 75.4 Å². The molecule has 0 heterocycles. The first-order valence-electron chi connectivity index (χ1n) is 12.6. The minimum atomic E-state index is -4.00. The topological polar surface area (TPSA) is 92.7 Å². The summed E-state index contributed by atoms with van der Waals surface area (Å²) in [6, 6.07) is 14.1. The molecule has 0 saturated heterocycles. The first-order valence-corrected chi connectivity index (χ1v) is 14.1. The summed E-state index contributed by atoms with van der Waals surface area (Å²) in [7, 11) is -4.00. The Morgan fingerprint density at radius 2 is 1.23 bits per heavy atom. The molecule has 0 aliphatic carbocycles. The number of rotatable bonds is 22. The fourth-order valence-electron chi connectivity index (χ4n) is 3.39. The van der Waals surface area contributed by atoms with Crippen LogP contribution in [0.25, 0.3) is 10.8 Å². The van der Waals surface area contributed by atoms with Gasteiger partial charge in [0.05, 0.1) is 52.9 Å². The van der Waals surface area contributed by atoms with Crippen molar-refractivity contribution in [3.8, 4) is 5.75 Å². The maximum atomic E-state index is 11.8. The Hall–Kier alpha value is -1.51. The summed E-state index contributed by atoms with van der Waals surface area (Å²) in [4.78, 5) is 9.64. The van der Waals surface area contributed by atoms with Crippen LogP contribution in [0, 0.1) is 0 Å². The van der Waals surface area contributed by atoms with Gasteiger partial charge in [-0.05, 0) is 17.9 Å². The van der Waals surface area contributed by atoms with Crippen molar-refractivity contribution in [1.82, 2.24) is 0 Å². The molecule has 2 aromatic rings. The van der Waals surface area contributed by atoms with Gasteiger partial charge in [0.15, 0.2) is 0 Å². The van der Waals surface area contributed by atoms with Crippen LogP contribution in [0.4, 0.5) is 0 Å². The summed E-state index contributed by atoms with van der Waals surface area (Å²) >= 11 is 0. The summed E-state index contributed by atoms with van der Waals surface area (Å²) in [6.07, 6.45) is 6.49. The van der Waals surface area contributed by atoms with Crippen molar-refractivity contribution in [3.63, 3.8) is 0 Å². The van der Waals surface area contributed by atoms with E-state index in [-0.39, 0.29) is 19.8 Å². The third kappa shape index (κ3) is 14.0. The zero-order chi connectivity index (χ0) is 25.0. The molecule has 0 spiro atoms. The van der Waals surface area contributed by atoms with Crippen molar-refractivity contribution in [2.75, 3.05) is 59.5 Å². The lowest BCUT2D eigenvalue weighted by Crippen LogP contribution is -2.13. The molecule has 0 saturated carbocycles. The molecule has 0 aromatic heterocycles. The van der Waals surface area contributed by atoms with Crippen LogP contribution < -0.4 is 4.74 Å². The monoisotopic (exact) mass is 512 g/mol. The molecule has 9 heteroatoms. The maximum Gasteiger partial charge on any atom is 0.472 e. The fourth-order valence-corrected chi connectivity index (χ4v) is 4.12. The van der Waals surface area contributed by atoms with E-state index in [0.717, 1.165) is 35.8 Å². The van der Waals surface area contributed by atoms with Gasteiger partial charge in [-0.2, -0.15) is 0 Å². The van der Waals surface area contributed by atoms with E-state index in [2.05, 4.69) is 19.1 Å². The van der Waals surface area contributed by atoms with E-state index < -0.39 is 7.82 Å².